The third-order valence-electron chi connectivity index (χ3n) is 4.23. The van der Waals surface area contributed by atoms with Crippen LogP contribution in [0.4, 0.5) is 0 Å². The Hall–Kier alpha value is -3.80. The fourth-order valence-electron chi connectivity index (χ4n) is 3.01. The highest BCUT2D eigenvalue weighted by atomic mass is 16.6. The number of fused-ring (bicyclic) bond motifs is 2. The number of ether oxygens (including phenoxy) is 4. The second kappa shape index (κ2) is 10.1. The molecule has 3 aromatic carbocycles. The van der Waals surface area contributed by atoms with E-state index in [0.29, 0.717) is 11.5 Å². The lowest BCUT2D eigenvalue weighted by Gasteiger charge is -2.17. The maximum absolute atomic E-state index is 11.9. The Bertz CT molecular complexity index is 943. The van der Waals surface area contributed by atoms with Crippen LogP contribution in [0.5, 0.6) is 11.5 Å². The molecule has 0 unspecified atom stereocenters. The quantitative estimate of drug-likeness (QED) is 0.285. The van der Waals surface area contributed by atoms with Crippen LogP contribution in [0, 0.1) is 0 Å². The standard InChI is InChI=1S/C24H22O6/c1-3-13-27-21(25)15-29-23-17-9-5-7-11-19(17)24(20-12-8-6-10-18(20)23)30-16-22(26)28-14-4-2/h3-12H,1-2,13-16H2. The Morgan fingerprint density at radius 3 is 1.30 bits per heavy atom. The lowest BCUT2D eigenvalue weighted by atomic mass is 10.0. The second-order valence-corrected chi connectivity index (χ2v) is 6.27. The predicted molar refractivity (Wildman–Crippen MR) is 115 cm³/mol. The van der Waals surface area contributed by atoms with E-state index in [0.717, 1.165) is 21.5 Å². The topological polar surface area (TPSA) is 71.1 Å². The highest BCUT2D eigenvalue weighted by Crippen LogP contribution is 2.42. The van der Waals surface area contributed by atoms with E-state index in [-0.39, 0.29) is 26.4 Å². The van der Waals surface area contributed by atoms with Gasteiger partial charge in [-0.1, -0.05) is 73.8 Å². The molecule has 0 aromatic heterocycles. The number of hydrogen-bond acceptors (Lipinski definition) is 6. The Labute approximate surface area is 174 Å². The van der Waals surface area contributed by atoms with E-state index in [9.17, 15) is 9.59 Å². The molecule has 0 spiro atoms. The first-order valence-corrected chi connectivity index (χ1v) is 9.37. The van der Waals surface area contributed by atoms with Crippen LogP contribution in [0.2, 0.25) is 0 Å². The van der Waals surface area contributed by atoms with Crippen LogP contribution in [-0.4, -0.2) is 38.4 Å². The summed E-state index contributed by atoms with van der Waals surface area (Å²) in [5.41, 5.74) is 0. The van der Waals surface area contributed by atoms with Crippen molar-refractivity contribution in [2.24, 2.45) is 0 Å². The molecule has 0 N–H and O–H groups in total. The van der Waals surface area contributed by atoms with Crippen LogP contribution >= 0.6 is 0 Å². The van der Waals surface area contributed by atoms with Crippen LogP contribution in [0.15, 0.2) is 73.8 Å². The summed E-state index contributed by atoms with van der Waals surface area (Å²) in [6.07, 6.45) is 2.99. The third kappa shape index (κ3) is 4.78. The van der Waals surface area contributed by atoms with Crippen molar-refractivity contribution in [2.45, 2.75) is 0 Å². The fraction of sp³-hybridized carbons (Fsp3) is 0.167. The van der Waals surface area contributed by atoms with Crippen LogP contribution in [0.1, 0.15) is 0 Å². The number of carbonyl (C=O) groups excluding carboxylic acids is 2. The normalized spacial score (nSPS) is 10.4. The molecule has 0 aliphatic carbocycles. The minimum absolute atomic E-state index is 0.123. The molecule has 0 aliphatic heterocycles. The van der Waals surface area contributed by atoms with Gasteiger partial charge in [-0.15, -0.1) is 0 Å². The van der Waals surface area contributed by atoms with Gasteiger partial charge < -0.3 is 18.9 Å². The number of benzene rings is 3. The molecule has 154 valence electrons. The molecule has 0 bridgehead atoms. The summed E-state index contributed by atoms with van der Waals surface area (Å²) in [6, 6.07) is 14.9. The lowest BCUT2D eigenvalue weighted by molar-refractivity contribution is -0.145. The summed E-state index contributed by atoms with van der Waals surface area (Å²) in [6.45, 7) is 6.80. The Morgan fingerprint density at radius 2 is 1.00 bits per heavy atom. The van der Waals surface area contributed by atoms with Gasteiger partial charge in [-0.25, -0.2) is 9.59 Å². The molecule has 0 saturated carbocycles. The zero-order chi connectivity index (χ0) is 21.3. The van der Waals surface area contributed by atoms with E-state index in [1.54, 1.807) is 0 Å². The molecular weight excluding hydrogens is 384 g/mol. The van der Waals surface area contributed by atoms with E-state index in [2.05, 4.69) is 13.2 Å². The lowest BCUT2D eigenvalue weighted by Crippen LogP contribution is -2.16. The van der Waals surface area contributed by atoms with Gasteiger partial charge in [0, 0.05) is 21.5 Å². The summed E-state index contributed by atoms with van der Waals surface area (Å²) < 4.78 is 21.7. The molecule has 0 heterocycles. The molecule has 3 aromatic rings. The van der Waals surface area contributed by atoms with E-state index < -0.39 is 11.9 Å². The summed E-state index contributed by atoms with van der Waals surface area (Å²) in [7, 11) is 0. The van der Waals surface area contributed by atoms with Crippen molar-refractivity contribution in [2.75, 3.05) is 26.4 Å². The van der Waals surface area contributed by atoms with Crippen molar-refractivity contribution in [3.05, 3.63) is 73.8 Å². The maximum atomic E-state index is 11.9. The van der Waals surface area contributed by atoms with Gasteiger partial charge in [-0.2, -0.15) is 0 Å². The SMILES string of the molecule is C=CCOC(=O)COc1c2ccccc2c(OCC(=O)OCC=C)c2ccccc12. The highest BCUT2D eigenvalue weighted by molar-refractivity contribution is 6.11. The van der Waals surface area contributed by atoms with E-state index >= 15 is 0 Å². The minimum atomic E-state index is -0.492. The van der Waals surface area contributed by atoms with Crippen molar-refractivity contribution >= 4 is 33.5 Å². The summed E-state index contributed by atoms with van der Waals surface area (Å²) in [5.74, 6) is 0.0957. The Kier molecular flexibility index (Phi) is 7.05. The van der Waals surface area contributed by atoms with E-state index in [4.69, 9.17) is 18.9 Å². The number of esters is 2. The molecule has 0 atom stereocenters. The average Bonchev–Trinajstić information content (AvgIpc) is 2.78. The van der Waals surface area contributed by atoms with Gasteiger partial charge in [0.25, 0.3) is 0 Å². The van der Waals surface area contributed by atoms with Gasteiger partial charge in [0.1, 0.15) is 24.7 Å². The number of rotatable bonds is 10. The van der Waals surface area contributed by atoms with Crippen LogP contribution in [0.3, 0.4) is 0 Å². The zero-order valence-electron chi connectivity index (χ0n) is 16.5. The van der Waals surface area contributed by atoms with Crippen molar-refractivity contribution in [1.82, 2.24) is 0 Å². The Balaban J connectivity index is 1.99. The van der Waals surface area contributed by atoms with Gasteiger partial charge in [0.2, 0.25) is 0 Å². The van der Waals surface area contributed by atoms with E-state index in [1.807, 2.05) is 48.5 Å². The van der Waals surface area contributed by atoms with Gasteiger partial charge in [-0.3, -0.25) is 0 Å². The van der Waals surface area contributed by atoms with E-state index in [1.165, 1.54) is 12.2 Å². The molecule has 3 rings (SSSR count). The number of carbonyl (C=O) groups is 2. The molecule has 0 fully saturated rings. The van der Waals surface area contributed by atoms with Crippen molar-refractivity contribution in [3.8, 4) is 11.5 Å². The van der Waals surface area contributed by atoms with Gasteiger partial charge in [-0.05, 0) is 0 Å². The highest BCUT2D eigenvalue weighted by Gasteiger charge is 2.18. The van der Waals surface area contributed by atoms with Gasteiger partial charge >= 0.3 is 11.9 Å². The summed E-state index contributed by atoms with van der Waals surface area (Å²) >= 11 is 0. The van der Waals surface area contributed by atoms with Crippen molar-refractivity contribution in [1.29, 1.82) is 0 Å². The van der Waals surface area contributed by atoms with Crippen molar-refractivity contribution < 1.29 is 28.5 Å². The molecule has 6 heteroatoms. The van der Waals surface area contributed by atoms with Gasteiger partial charge in [0.15, 0.2) is 13.2 Å². The van der Waals surface area contributed by atoms with Crippen LogP contribution < -0.4 is 9.47 Å². The summed E-state index contributed by atoms with van der Waals surface area (Å²) in [5, 5.41) is 3.01. The van der Waals surface area contributed by atoms with Crippen LogP contribution in [-0.2, 0) is 19.1 Å². The predicted octanol–water partition coefficient (Wildman–Crippen LogP) is 4.21. The second-order valence-electron chi connectivity index (χ2n) is 6.27. The molecule has 0 saturated heterocycles. The number of hydrogen-bond donors (Lipinski definition) is 0. The third-order valence-corrected chi connectivity index (χ3v) is 4.23. The molecule has 30 heavy (non-hydrogen) atoms. The first-order valence-electron chi connectivity index (χ1n) is 9.37. The summed E-state index contributed by atoms with van der Waals surface area (Å²) in [4.78, 5) is 23.8. The molecule has 0 amide bonds. The van der Waals surface area contributed by atoms with Crippen LogP contribution in [0.25, 0.3) is 21.5 Å². The molecule has 0 radical (unpaired) electrons. The monoisotopic (exact) mass is 406 g/mol. The minimum Gasteiger partial charge on any atom is -0.481 e. The largest absolute Gasteiger partial charge is 0.481 e. The van der Waals surface area contributed by atoms with Gasteiger partial charge in [0.05, 0.1) is 0 Å². The Morgan fingerprint density at radius 1 is 0.667 bits per heavy atom. The zero-order valence-corrected chi connectivity index (χ0v) is 16.5. The first-order chi connectivity index (χ1) is 14.7. The smallest absolute Gasteiger partial charge is 0.344 e. The first kappa shape index (κ1) is 20.9. The van der Waals surface area contributed by atoms with Crippen molar-refractivity contribution in [3.63, 3.8) is 0 Å². The molecule has 0 aliphatic rings. The molecule has 6 nitrogen and oxygen atoms in total. The molecular formula is C24H22O6. The average molecular weight is 406 g/mol. The maximum Gasteiger partial charge on any atom is 0.344 e. The fourth-order valence-corrected chi connectivity index (χ4v) is 3.01.